The van der Waals surface area contributed by atoms with E-state index in [2.05, 4.69) is 15.0 Å². The van der Waals surface area contributed by atoms with E-state index in [9.17, 15) is 14.0 Å². The maximum atomic E-state index is 13.3. The van der Waals surface area contributed by atoms with Gasteiger partial charge in [-0.1, -0.05) is 0 Å². The highest BCUT2D eigenvalue weighted by Gasteiger charge is 2.30. The van der Waals surface area contributed by atoms with E-state index in [0.29, 0.717) is 28.3 Å². The fourth-order valence-electron chi connectivity index (χ4n) is 2.91. The van der Waals surface area contributed by atoms with Crippen molar-refractivity contribution < 1.29 is 23.5 Å². The molecule has 1 aromatic carbocycles. The number of allylic oxidation sites excluding steroid dienone is 1. The number of amides is 1. The molecule has 7 heteroatoms. The predicted molar refractivity (Wildman–Crippen MR) is 88.0 cm³/mol. The Hall–Kier alpha value is -3.35. The smallest absolute Gasteiger partial charge is 0.354 e. The van der Waals surface area contributed by atoms with Crippen molar-refractivity contribution in [1.82, 2.24) is 4.98 Å². The molecular weight excluding hydrogens is 327 g/mol. The quantitative estimate of drug-likeness (QED) is 0.651. The van der Waals surface area contributed by atoms with E-state index in [0.717, 1.165) is 11.1 Å². The number of benzene rings is 1. The van der Waals surface area contributed by atoms with Gasteiger partial charge >= 0.3 is 5.97 Å². The fraction of sp³-hybridized carbons (Fsp3) is 0.111. The Morgan fingerprint density at radius 2 is 2.16 bits per heavy atom. The molecule has 1 aromatic heterocycles. The molecule has 2 N–H and O–H groups in total. The molecule has 2 aliphatic rings. The summed E-state index contributed by atoms with van der Waals surface area (Å²) in [4.78, 5) is 26.6. The third-order valence-corrected chi connectivity index (χ3v) is 4.12. The first-order chi connectivity index (χ1) is 12.1. The first-order valence-electron chi connectivity index (χ1n) is 7.53. The third kappa shape index (κ3) is 2.50. The van der Waals surface area contributed by atoms with Crippen molar-refractivity contribution in [2.45, 2.75) is 0 Å². The zero-order chi connectivity index (χ0) is 17.6. The predicted octanol–water partition coefficient (Wildman–Crippen LogP) is 2.72. The summed E-state index contributed by atoms with van der Waals surface area (Å²) in [5.41, 5.74) is 3.31. The second kappa shape index (κ2) is 5.62. The average molecular weight is 340 g/mol. The number of ether oxygens (including phenoxy) is 2. The van der Waals surface area contributed by atoms with Crippen molar-refractivity contribution in [2.75, 3.05) is 19.0 Å². The molecule has 0 unspecified atom stereocenters. The van der Waals surface area contributed by atoms with Crippen LogP contribution < -0.4 is 5.32 Å². The standard InChI is InChI=1S/C18H13FN2O4/c1-24-18(23)14-4-9(7-20-14)10-5-15(25-8-10)16-12-3-2-11(19)6-13(12)21-17(16)22/h2-7,20H,8H2,1H3,(H,21,22). The third-order valence-electron chi connectivity index (χ3n) is 4.12. The lowest BCUT2D eigenvalue weighted by atomic mass is 10.0. The van der Waals surface area contributed by atoms with Crippen LogP contribution in [0.2, 0.25) is 0 Å². The van der Waals surface area contributed by atoms with E-state index in [-0.39, 0.29) is 12.5 Å². The Balaban J connectivity index is 1.72. The van der Waals surface area contributed by atoms with Gasteiger partial charge in [0, 0.05) is 17.3 Å². The number of aromatic amines is 1. The second-order valence-electron chi connectivity index (χ2n) is 5.64. The van der Waals surface area contributed by atoms with E-state index in [4.69, 9.17) is 4.74 Å². The number of methoxy groups -OCH3 is 1. The molecule has 0 saturated carbocycles. The number of esters is 1. The van der Waals surface area contributed by atoms with Gasteiger partial charge in [0.25, 0.3) is 5.91 Å². The van der Waals surface area contributed by atoms with Crippen LogP contribution in [0.5, 0.6) is 0 Å². The van der Waals surface area contributed by atoms with Gasteiger partial charge in [0.05, 0.1) is 18.4 Å². The number of halogens is 1. The van der Waals surface area contributed by atoms with Crippen LogP contribution in [0.3, 0.4) is 0 Å². The van der Waals surface area contributed by atoms with Gasteiger partial charge in [-0.25, -0.2) is 9.18 Å². The van der Waals surface area contributed by atoms with Crippen LogP contribution in [0.1, 0.15) is 21.6 Å². The number of nitrogens with one attached hydrogen (secondary N) is 2. The van der Waals surface area contributed by atoms with Gasteiger partial charge in [-0.05, 0) is 35.9 Å². The van der Waals surface area contributed by atoms with Gasteiger partial charge in [0.1, 0.15) is 23.9 Å². The summed E-state index contributed by atoms with van der Waals surface area (Å²) in [5, 5.41) is 2.63. The van der Waals surface area contributed by atoms with Crippen molar-refractivity contribution in [2.24, 2.45) is 0 Å². The van der Waals surface area contributed by atoms with Crippen LogP contribution in [0.4, 0.5) is 10.1 Å². The molecule has 0 aliphatic carbocycles. The molecule has 0 saturated heterocycles. The molecule has 2 aromatic rings. The number of carbonyl (C=O) groups excluding carboxylic acids is 2. The molecule has 4 rings (SSSR count). The van der Waals surface area contributed by atoms with Crippen molar-refractivity contribution in [3.8, 4) is 0 Å². The van der Waals surface area contributed by atoms with E-state index in [1.165, 1.54) is 19.2 Å². The minimum Gasteiger partial charge on any atom is -0.488 e. The number of aromatic nitrogens is 1. The van der Waals surface area contributed by atoms with Crippen LogP contribution in [0, 0.1) is 5.82 Å². The maximum Gasteiger partial charge on any atom is 0.354 e. The van der Waals surface area contributed by atoms with E-state index in [1.54, 1.807) is 24.4 Å². The summed E-state index contributed by atoms with van der Waals surface area (Å²) >= 11 is 0. The highest BCUT2D eigenvalue weighted by atomic mass is 19.1. The van der Waals surface area contributed by atoms with Gasteiger partial charge in [0.2, 0.25) is 0 Å². The number of carbonyl (C=O) groups is 2. The number of hydrogen-bond donors (Lipinski definition) is 2. The van der Waals surface area contributed by atoms with Crippen LogP contribution in [-0.4, -0.2) is 30.6 Å². The van der Waals surface area contributed by atoms with E-state index in [1.807, 2.05) is 0 Å². The zero-order valence-electron chi connectivity index (χ0n) is 13.2. The molecule has 0 fully saturated rings. The first kappa shape index (κ1) is 15.2. The van der Waals surface area contributed by atoms with Gasteiger partial charge < -0.3 is 19.8 Å². The van der Waals surface area contributed by atoms with Gasteiger partial charge in [0.15, 0.2) is 0 Å². The topological polar surface area (TPSA) is 80.4 Å². The number of fused-ring (bicyclic) bond motifs is 1. The number of hydrogen-bond acceptors (Lipinski definition) is 4. The minimum atomic E-state index is -0.463. The van der Waals surface area contributed by atoms with Crippen molar-refractivity contribution >= 4 is 28.7 Å². The lowest BCUT2D eigenvalue weighted by molar-refractivity contribution is -0.110. The SMILES string of the molecule is COC(=O)c1cc(C2=CC(=C3C(=O)Nc4cc(F)ccc43)OC2)c[nH]1. The molecule has 6 nitrogen and oxygen atoms in total. The molecule has 126 valence electrons. The van der Waals surface area contributed by atoms with Gasteiger partial charge in [-0.15, -0.1) is 0 Å². The summed E-state index contributed by atoms with van der Waals surface area (Å²) < 4.78 is 23.6. The molecule has 2 aliphatic heterocycles. The van der Waals surface area contributed by atoms with Crippen LogP contribution in [0.15, 0.2) is 42.3 Å². The fourth-order valence-corrected chi connectivity index (χ4v) is 2.91. The van der Waals surface area contributed by atoms with Crippen LogP contribution in [-0.2, 0) is 14.3 Å². The van der Waals surface area contributed by atoms with Crippen molar-refractivity contribution in [3.05, 3.63) is 64.9 Å². The first-order valence-corrected chi connectivity index (χ1v) is 7.53. The van der Waals surface area contributed by atoms with Crippen LogP contribution in [0.25, 0.3) is 11.1 Å². The van der Waals surface area contributed by atoms with E-state index < -0.39 is 11.8 Å². The normalized spacial score (nSPS) is 18.5. The summed E-state index contributed by atoms with van der Waals surface area (Å²) in [6, 6.07) is 5.78. The summed E-state index contributed by atoms with van der Waals surface area (Å²) in [6.07, 6.45) is 3.42. The van der Waals surface area contributed by atoms with Crippen molar-refractivity contribution in [3.63, 3.8) is 0 Å². The lowest BCUT2D eigenvalue weighted by Gasteiger charge is -2.02. The minimum absolute atomic E-state index is 0.265. The Morgan fingerprint density at radius 1 is 1.32 bits per heavy atom. The lowest BCUT2D eigenvalue weighted by Crippen LogP contribution is -2.05. The van der Waals surface area contributed by atoms with E-state index >= 15 is 0 Å². The van der Waals surface area contributed by atoms with Gasteiger partial charge in [-0.3, -0.25) is 4.79 Å². The highest BCUT2D eigenvalue weighted by molar-refractivity contribution is 6.32. The Kier molecular flexibility index (Phi) is 3.42. The monoisotopic (exact) mass is 340 g/mol. The molecule has 0 radical (unpaired) electrons. The molecule has 0 bridgehead atoms. The largest absolute Gasteiger partial charge is 0.488 e. The Morgan fingerprint density at radius 3 is 2.96 bits per heavy atom. The molecular formula is C18H13FN2O4. The maximum absolute atomic E-state index is 13.3. The Labute approximate surface area is 141 Å². The van der Waals surface area contributed by atoms with Crippen LogP contribution >= 0.6 is 0 Å². The second-order valence-corrected chi connectivity index (χ2v) is 5.64. The number of anilines is 1. The number of H-pyrrole nitrogens is 1. The average Bonchev–Trinajstić information content (AvgIpc) is 3.30. The Bertz CT molecular complexity index is 971. The summed E-state index contributed by atoms with van der Waals surface area (Å²) in [6.45, 7) is 0.265. The molecule has 1 amide bonds. The van der Waals surface area contributed by atoms with Crippen molar-refractivity contribution in [1.29, 1.82) is 0 Å². The molecule has 25 heavy (non-hydrogen) atoms. The summed E-state index contributed by atoms with van der Waals surface area (Å²) in [5.74, 6) is -0.803. The molecule has 0 spiro atoms. The molecule has 0 atom stereocenters. The highest BCUT2D eigenvalue weighted by Crippen LogP contribution is 2.38. The number of rotatable bonds is 2. The molecule has 3 heterocycles. The van der Waals surface area contributed by atoms with Gasteiger partial charge in [-0.2, -0.15) is 0 Å². The zero-order valence-corrected chi connectivity index (χ0v) is 13.2. The summed E-state index contributed by atoms with van der Waals surface area (Å²) in [7, 11) is 1.31.